The smallest absolute Gasteiger partial charge is 0.109 e. The lowest BCUT2D eigenvalue weighted by Crippen LogP contribution is -1.84. The first-order valence-electron chi connectivity index (χ1n) is 3.56. The molecule has 0 aliphatic heterocycles. The molecule has 1 rings (SSSR count). The molecular formula is C9H10NOS. The zero-order valence-electron chi connectivity index (χ0n) is 6.82. The first-order chi connectivity index (χ1) is 5.86. The van der Waals surface area contributed by atoms with E-state index in [2.05, 4.69) is 11.4 Å². The second kappa shape index (κ2) is 4.83. The Morgan fingerprint density at radius 1 is 1.42 bits per heavy atom. The Balaban J connectivity index is 2.64. The van der Waals surface area contributed by atoms with Crippen molar-refractivity contribution < 1.29 is 5.21 Å². The molecule has 63 valence electrons. The highest BCUT2D eigenvalue weighted by Crippen LogP contribution is 2.14. The summed E-state index contributed by atoms with van der Waals surface area (Å²) in [5, 5.41) is 11.0. The van der Waals surface area contributed by atoms with Crippen LogP contribution in [0.15, 0.2) is 34.3 Å². The van der Waals surface area contributed by atoms with Crippen LogP contribution in [0.5, 0.6) is 0 Å². The van der Waals surface area contributed by atoms with E-state index in [0.717, 1.165) is 5.56 Å². The molecule has 0 bridgehead atoms. The van der Waals surface area contributed by atoms with E-state index in [1.165, 1.54) is 4.90 Å². The maximum absolute atomic E-state index is 8.14. The summed E-state index contributed by atoms with van der Waals surface area (Å²) in [6.07, 6.45) is 5.07. The van der Waals surface area contributed by atoms with Gasteiger partial charge in [0.2, 0.25) is 0 Å². The molecule has 1 radical (unpaired) electrons. The first-order valence-corrected chi connectivity index (χ1v) is 4.79. The zero-order valence-corrected chi connectivity index (χ0v) is 7.64. The minimum Gasteiger partial charge on any atom is -0.411 e. The number of hydrogen-bond acceptors (Lipinski definition) is 3. The van der Waals surface area contributed by atoms with Gasteiger partial charge in [0, 0.05) is 11.3 Å². The molecule has 0 unspecified atom stereocenters. The van der Waals surface area contributed by atoms with E-state index in [9.17, 15) is 0 Å². The summed E-state index contributed by atoms with van der Waals surface area (Å²) >= 11 is 1.71. The van der Waals surface area contributed by atoms with Crippen molar-refractivity contribution in [3.05, 3.63) is 29.8 Å². The molecule has 0 saturated heterocycles. The van der Waals surface area contributed by atoms with Crippen molar-refractivity contribution in [1.82, 2.24) is 0 Å². The molecule has 1 N–H and O–H groups in total. The van der Waals surface area contributed by atoms with Crippen LogP contribution in [0.2, 0.25) is 0 Å². The predicted octanol–water partition coefficient (Wildman–Crippen LogP) is 2.29. The lowest BCUT2D eigenvalue weighted by atomic mass is 10.2. The minimum absolute atomic E-state index is 0.561. The fourth-order valence-corrected chi connectivity index (χ4v) is 1.28. The predicted molar refractivity (Wildman–Crippen MR) is 51.1 cm³/mol. The van der Waals surface area contributed by atoms with Gasteiger partial charge in [-0.1, -0.05) is 17.3 Å². The summed E-state index contributed by atoms with van der Waals surface area (Å²) in [4.78, 5) is 1.24. The quantitative estimate of drug-likeness (QED) is 0.335. The van der Waals surface area contributed by atoms with Crippen LogP contribution in [0.1, 0.15) is 5.56 Å². The van der Waals surface area contributed by atoms with Crippen molar-refractivity contribution in [2.24, 2.45) is 5.16 Å². The number of hydrogen-bond donors (Lipinski definition) is 1. The van der Waals surface area contributed by atoms with Crippen LogP contribution in [0.25, 0.3) is 0 Å². The Morgan fingerprint density at radius 2 is 2.08 bits per heavy atom. The van der Waals surface area contributed by atoms with Gasteiger partial charge < -0.3 is 5.21 Å². The molecule has 0 aromatic heterocycles. The average molecular weight is 180 g/mol. The fraction of sp³-hybridized carbons (Fsp3) is 0.222. The Morgan fingerprint density at radius 3 is 2.58 bits per heavy atom. The molecule has 0 heterocycles. The third-order valence-electron chi connectivity index (χ3n) is 1.51. The van der Waals surface area contributed by atoms with Crippen molar-refractivity contribution >= 4 is 18.0 Å². The van der Waals surface area contributed by atoms with Gasteiger partial charge in [-0.15, -0.1) is 11.8 Å². The van der Waals surface area contributed by atoms with E-state index in [1.54, 1.807) is 11.8 Å². The average Bonchev–Trinajstić information content (AvgIpc) is 2.15. The van der Waals surface area contributed by atoms with E-state index in [4.69, 9.17) is 5.21 Å². The summed E-state index contributed by atoms with van der Waals surface area (Å²) in [5.74, 6) is 0. The summed E-state index contributed by atoms with van der Waals surface area (Å²) in [5.41, 5.74) is 1.10. The standard InChI is InChI=1S/C9H10NOS/c1-12-9-4-2-8(3-5-9)6-7-10-11/h2-5,11H,6H2,1H3. The van der Waals surface area contributed by atoms with Crippen LogP contribution in [-0.2, 0) is 6.42 Å². The largest absolute Gasteiger partial charge is 0.411 e. The van der Waals surface area contributed by atoms with Crippen molar-refractivity contribution in [2.75, 3.05) is 6.26 Å². The van der Waals surface area contributed by atoms with Crippen LogP contribution in [-0.4, -0.2) is 17.7 Å². The van der Waals surface area contributed by atoms with Gasteiger partial charge in [-0.25, -0.2) is 0 Å². The van der Waals surface area contributed by atoms with Crippen LogP contribution in [0.4, 0.5) is 0 Å². The van der Waals surface area contributed by atoms with Crippen LogP contribution < -0.4 is 0 Å². The molecule has 0 aliphatic rings. The third-order valence-corrected chi connectivity index (χ3v) is 2.26. The van der Waals surface area contributed by atoms with Crippen molar-refractivity contribution in [3.63, 3.8) is 0 Å². The van der Waals surface area contributed by atoms with E-state index in [0.29, 0.717) is 6.42 Å². The maximum atomic E-state index is 8.14. The molecule has 1 aromatic carbocycles. The zero-order chi connectivity index (χ0) is 8.81. The molecule has 0 atom stereocenters. The SMILES string of the molecule is CSc1ccc(C/[C]=N\O)cc1. The molecule has 0 fully saturated rings. The lowest BCUT2D eigenvalue weighted by molar-refractivity contribution is 0.321. The molecule has 2 nitrogen and oxygen atoms in total. The van der Waals surface area contributed by atoms with E-state index >= 15 is 0 Å². The maximum Gasteiger partial charge on any atom is 0.109 e. The number of benzene rings is 1. The highest BCUT2D eigenvalue weighted by Gasteiger charge is 1.91. The van der Waals surface area contributed by atoms with Gasteiger partial charge in [-0.2, -0.15) is 0 Å². The molecule has 3 heteroatoms. The summed E-state index contributed by atoms with van der Waals surface area (Å²) in [6.45, 7) is 0. The first kappa shape index (κ1) is 9.13. The fourth-order valence-electron chi connectivity index (χ4n) is 0.870. The summed E-state index contributed by atoms with van der Waals surface area (Å²) < 4.78 is 0. The van der Waals surface area contributed by atoms with E-state index < -0.39 is 0 Å². The molecule has 0 saturated carbocycles. The van der Waals surface area contributed by atoms with Gasteiger partial charge in [0.15, 0.2) is 0 Å². The molecule has 1 aromatic rings. The summed E-state index contributed by atoms with van der Waals surface area (Å²) in [7, 11) is 0. The van der Waals surface area contributed by atoms with Gasteiger partial charge in [0.05, 0.1) is 0 Å². The normalized spacial score (nSPS) is 10.8. The second-order valence-corrected chi connectivity index (χ2v) is 3.16. The van der Waals surface area contributed by atoms with Gasteiger partial charge >= 0.3 is 0 Å². The molecule has 0 amide bonds. The molecule has 12 heavy (non-hydrogen) atoms. The molecule has 0 spiro atoms. The van der Waals surface area contributed by atoms with E-state index in [1.807, 2.05) is 30.5 Å². The number of rotatable bonds is 3. The van der Waals surface area contributed by atoms with Gasteiger partial charge in [-0.05, 0) is 24.0 Å². The van der Waals surface area contributed by atoms with Crippen molar-refractivity contribution in [3.8, 4) is 0 Å². The number of nitrogens with zero attached hydrogens (tertiary/aromatic N) is 1. The third kappa shape index (κ3) is 2.58. The molecular weight excluding hydrogens is 170 g/mol. The van der Waals surface area contributed by atoms with Gasteiger partial charge in [-0.3, -0.25) is 0 Å². The van der Waals surface area contributed by atoms with Crippen molar-refractivity contribution in [2.45, 2.75) is 11.3 Å². The van der Waals surface area contributed by atoms with Gasteiger partial charge in [0.25, 0.3) is 0 Å². The van der Waals surface area contributed by atoms with Crippen LogP contribution in [0, 0.1) is 0 Å². The van der Waals surface area contributed by atoms with Gasteiger partial charge in [0.1, 0.15) is 6.21 Å². The highest BCUT2D eigenvalue weighted by atomic mass is 32.2. The van der Waals surface area contributed by atoms with Crippen molar-refractivity contribution in [1.29, 1.82) is 0 Å². The Kier molecular flexibility index (Phi) is 3.67. The summed E-state index contributed by atoms with van der Waals surface area (Å²) in [6, 6.07) is 8.09. The van der Waals surface area contributed by atoms with Crippen LogP contribution in [0.3, 0.4) is 0 Å². The topological polar surface area (TPSA) is 32.6 Å². The highest BCUT2D eigenvalue weighted by molar-refractivity contribution is 7.98. The minimum atomic E-state index is 0.561. The lowest BCUT2D eigenvalue weighted by Gasteiger charge is -1.97. The van der Waals surface area contributed by atoms with E-state index in [-0.39, 0.29) is 0 Å². The Bertz CT molecular complexity index is 256. The molecule has 0 aliphatic carbocycles. The monoisotopic (exact) mass is 180 g/mol. The van der Waals surface area contributed by atoms with Crippen LogP contribution >= 0.6 is 11.8 Å². The Hall–Kier alpha value is -0.960. The second-order valence-electron chi connectivity index (χ2n) is 2.28. The Labute approximate surface area is 76.3 Å². The number of thioether (sulfide) groups is 1.